The van der Waals surface area contributed by atoms with Gasteiger partial charge >= 0.3 is 0 Å². The summed E-state index contributed by atoms with van der Waals surface area (Å²) < 4.78 is 30.7. The van der Waals surface area contributed by atoms with Gasteiger partial charge in [0.05, 0.1) is 18.8 Å². The third kappa shape index (κ3) is 8.67. The highest BCUT2D eigenvalue weighted by Crippen LogP contribution is 2.12. The number of hydrogen-bond donors (Lipinski definition) is 1. The van der Waals surface area contributed by atoms with Gasteiger partial charge in [0.15, 0.2) is 0 Å². The smallest absolute Gasteiger partial charge is 0.264 e. The van der Waals surface area contributed by atoms with Gasteiger partial charge in [0.2, 0.25) is 0 Å². The molecule has 0 radical (unpaired) electrons. The number of quaternary nitrogens is 1. The first-order chi connectivity index (χ1) is 8.89. The van der Waals surface area contributed by atoms with Crippen LogP contribution in [-0.2, 0) is 10.1 Å². The summed E-state index contributed by atoms with van der Waals surface area (Å²) in [4.78, 5) is 0. The molecule has 0 saturated heterocycles. The predicted octanol–water partition coefficient (Wildman–Crippen LogP) is 1.54. The highest BCUT2D eigenvalue weighted by atomic mass is 32.2. The Morgan fingerprint density at radius 2 is 1.58 bits per heavy atom. The fourth-order valence-electron chi connectivity index (χ4n) is 2.10. The maximum atomic E-state index is 10.7. The minimum atomic E-state index is -3.87. The molecule has 0 saturated carbocycles. The molecule has 19 heavy (non-hydrogen) atoms. The molecule has 0 fully saturated rings. The Morgan fingerprint density at radius 1 is 1.05 bits per heavy atom. The van der Waals surface area contributed by atoms with E-state index in [9.17, 15) is 8.42 Å². The van der Waals surface area contributed by atoms with Crippen molar-refractivity contribution in [1.29, 1.82) is 0 Å². The largest absolute Gasteiger partial charge is 0.303 e. The molecule has 108 valence electrons. The first-order valence-corrected chi connectivity index (χ1v) is 8.17. The lowest BCUT2D eigenvalue weighted by atomic mass is 10.2. The van der Waals surface area contributed by atoms with Crippen molar-refractivity contribution in [3.8, 4) is 24.7 Å². The van der Waals surface area contributed by atoms with Crippen molar-refractivity contribution in [2.45, 2.75) is 32.6 Å². The Balaban J connectivity index is 4.47. The van der Waals surface area contributed by atoms with Gasteiger partial charge in [-0.1, -0.05) is 13.3 Å². The van der Waals surface area contributed by atoms with Gasteiger partial charge in [0, 0.05) is 0 Å². The lowest BCUT2D eigenvalue weighted by Crippen LogP contribution is -2.50. The molecule has 0 aromatic heterocycles. The number of hydrogen-bond acceptors (Lipinski definition) is 2. The van der Waals surface area contributed by atoms with E-state index >= 15 is 0 Å². The van der Waals surface area contributed by atoms with Crippen molar-refractivity contribution >= 4 is 10.1 Å². The zero-order valence-corrected chi connectivity index (χ0v) is 12.5. The van der Waals surface area contributed by atoms with Crippen molar-refractivity contribution in [2.75, 3.05) is 31.9 Å². The van der Waals surface area contributed by atoms with Crippen molar-refractivity contribution in [3.05, 3.63) is 0 Å². The van der Waals surface area contributed by atoms with Gasteiger partial charge in [-0.3, -0.25) is 4.55 Å². The lowest BCUT2D eigenvalue weighted by Gasteiger charge is -2.35. The fourth-order valence-corrected chi connectivity index (χ4v) is 2.67. The quantitative estimate of drug-likeness (QED) is 0.287. The Bertz CT molecular complexity index is 413. The summed E-state index contributed by atoms with van der Waals surface area (Å²) in [6, 6.07) is 0. The molecule has 0 bridgehead atoms. The van der Waals surface area contributed by atoms with Gasteiger partial charge in [0.1, 0.15) is 13.1 Å². The molecule has 0 aliphatic heterocycles. The van der Waals surface area contributed by atoms with E-state index in [2.05, 4.69) is 18.8 Å². The van der Waals surface area contributed by atoms with Gasteiger partial charge in [-0.05, 0) is 31.1 Å². The standard InChI is InChI=1S/C14H23NO3S/c1-4-7-12-15(10-5-2,11-6-3)13-8-9-14-19(16,17)18/h2-3H,4,7-14H2,1H3/p+1. The molecule has 5 heteroatoms. The monoisotopic (exact) mass is 286 g/mol. The van der Waals surface area contributed by atoms with E-state index in [1.54, 1.807) is 0 Å². The molecule has 0 unspecified atom stereocenters. The van der Waals surface area contributed by atoms with Crippen LogP contribution in [0.3, 0.4) is 0 Å². The van der Waals surface area contributed by atoms with E-state index in [1.165, 1.54) is 0 Å². The lowest BCUT2D eigenvalue weighted by molar-refractivity contribution is -0.915. The van der Waals surface area contributed by atoms with Crippen LogP contribution >= 0.6 is 0 Å². The van der Waals surface area contributed by atoms with Crippen LogP contribution in [0.4, 0.5) is 0 Å². The van der Waals surface area contributed by atoms with Crippen LogP contribution in [0.5, 0.6) is 0 Å². The van der Waals surface area contributed by atoms with Crippen LogP contribution in [-0.4, -0.2) is 49.4 Å². The molecular weight excluding hydrogens is 262 g/mol. The summed E-state index contributed by atoms with van der Waals surface area (Å²) in [7, 11) is -3.87. The van der Waals surface area contributed by atoms with Gasteiger partial charge in [0.25, 0.3) is 10.1 Å². The first-order valence-electron chi connectivity index (χ1n) is 6.56. The van der Waals surface area contributed by atoms with Crippen molar-refractivity contribution in [1.82, 2.24) is 0 Å². The minimum absolute atomic E-state index is 0.202. The van der Waals surface area contributed by atoms with Gasteiger partial charge in [-0.2, -0.15) is 8.42 Å². The van der Waals surface area contributed by atoms with Gasteiger partial charge in [-0.15, -0.1) is 12.8 Å². The van der Waals surface area contributed by atoms with E-state index in [-0.39, 0.29) is 5.75 Å². The van der Waals surface area contributed by atoms with E-state index < -0.39 is 10.1 Å². The Hall–Kier alpha value is -1.01. The Labute approximate surface area is 117 Å². The van der Waals surface area contributed by atoms with Crippen LogP contribution in [0.15, 0.2) is 0 Å². The highest BCUT2D eigenvalue weighted by Gasteiger charge is 2.24. The summed E-state index contributed by atoms with van der Waals surface area (Å²) >= 11 is 0. The maximum absolute atomic E-state index is 10.7. The molecule has 0 aromatic carbocycles. The molecular formula is C14H24NO3S+. The van der Waals surface area contributed by atoms with Gasteiger partial charge < -0.3 is 4.48 Å². The average molecular weight is 286 g/mol. The van der Waals surface area contributed by atoms with Crippen LogP contribution < -0.4 is 0 Å². The van der Waals surface area contributed by atoms with Crippen molar-refractivity contribution in [3.63, 3.8) is 0 Å². The van der Waals surface area contributed by atoms with E-state index in [0.717, 1.165) is 25.9 Å². The van der Waals surface area contributed by atoms with Crippen LogP contribution in [0.1, 0.15) is 32.6 Å². The summed E-state index contributed by atoms with van der Waals surface area (Å²) in [5.41, 5.74) is 0. The van der Waals surface area contributed by atoms with Crippen molar-refractivity contribution < 1.29 is 17.5 Å². The fraction of sp³-hybridized carbons (Fsp3) is 0.714. The second-order valence-corrected chi connectivity index (χ2v) is 6.43. The molecule has 4 nitrogen and oxygen atoms in total. The van der Waals surface area contributed by atoms with Gasteiger partial charge in [-0.25, -0.2) is 0 Å². The summed E-state index contributed by atoms with van der Waals surface area (Å²) in [6.45, 7) is 4.91. The topological polar surface area (TPSA) is 54.4 Å². The summed E-state index contributed by atoms with van der Waals surface area (Å²) in [5.74, 6) is 5.14. The number of rotatable bonds is 10. The molecule has 0 aliphatic carbocycles. The van der Waals surface area contributed by atoms with E-state index in [1.807, 2.05) is 0 Å². The molecule has 0 heterocycles. The third-order valence-electron chi connectivity index (χ3n) is 3.12. The zero-order valence-electron chi connectivity index (χ0n) is 11.6. The van der Waals surface area contributed by atoms with E-state index in [4.69, 9.17) is 17.4 Å². The predicted molar refractivity (Wildman–Crippen MR) is 78.0 cm³/mol. The number of unbranched alkanes of at least 4 members (excludes halogenated alkanes) is 2. The minimum Gasteiger partial charge on any atom is -0.303 e. The second kappa shape index (κ2) is 8.98. The Morgan fingerprint density at radius 3 is 2.00 bits per heavy atom. The average Bonchev–Trinajstić information content (AvgIpc) is 2.32. The first kappa shape index (κ1) is 18.0. The summed E-state index contributed by atoms with van der Waals surface area (Å²) in [5, 5.41) is 0. The SMILES string of the molecule is C#CC[N+](CC#C)(CCCC)CCCCS(=O)(=O)O. The third-order valence-corrected chi connectivity index (χ3v) is 3.93. The molecule has 0 aromatic rings. The molecule has 0 amide bonds. The highest BCUT2D eigenvalue weighted by molar-refractivity contribution is 7.85. The maximum Gasteiger partial charge on any atom is 0.264 e. The second-order valence-electron chi connectivity index (χ2n) is 4.86. The molecule has 0 atom stereocenters. The van der Waals surface area contributed by atoms with Crippen molar-refractivity contribution in [2.24, 2.45) is 0 Å². The molecule has 0 rings (SSSR count). The zero-order chi connectivity index (χ0) is 14.8. The number of terminal acetylenes is 2. The van der Waals surface area contributed by atoms with Crippen LogP contribution in [0, 0.1) is 24.7 Å². The normalized spacial score (nSPS) is 11.8. The molecule has 0 spiro atoms. The van der Waals surface area contributed by atoms with Crippen LogP contribution in [0.25, 0.3) is 0 Å². The Kier molecular flexibility index (Phi) is 8.51. The molecule has 0 aliphatic rings. The van der Waals surface area contributed by atoms with E-state index in [0.29, 0.717) is 30.4 Å². The molecule has 1 N–H and O–H groups in total. The van der Waals surface area contributed by atoms with Crippen LogP contribution in [0.2, 0.25) is 0 Å². The number of nitrogens with zero attached hydrogens (tertiary/aromatic N) is 1. The summed E-state index contributed by atoms with van der Waals surface area (Å²) in [6.07, 6.45) is 14.1.